The molecule has 1 aromatic rings. The first kappa shape index (κ1) is 9.21. The highest BCUT2D eigenvalue weighted by Gasteiger charge is 2.18. The van der Waals surface area contributed by atoms with Gasteiger partial charge in [-0.15, -0.1) is 0 Å². The molecule has 2 rings (SSSR count). The second-order valence-corrected chi connectivity index (χ2v) is 3.51. The zero-order valence-corrected chi connectivity index (χ0v) is 8.45. The van der Waals surface area contributed by atoms with Gasteiger partial charge in [-0.1, -0.05) is 0 Å². The molecule has 0 spiro atoms. The van der Waals surface area contributed by atoms with E-state index in [4.69, 9.17) is 10.5 Å². The van der Waals surface area contributed by atoms with Crippen molar-refractivity contribution in [3.05, 3.63) is 11.3 Å². The number of hydrogen-bond acceptors (Lipinski definition) is 5. The summed E-state index contributed by atoms with van der Waals surface area (Å²) >= 11 is 0. The molecule has 0 amide bonds. The van der Waals surface area contributed by atoms with Gasteiger partial charge in [-0.05, 0) is 13.5 Å². The highest BCUT2D eigenvalue weighted by atomic mass is 16.5. The third kappa shape index (κ3) is 1.50. The van der Waals surface area contributed by atoms with Crippen LogP contribution in [0.25, 0.3) is 0 Å². The fourth-order valence-electron chi connectivity index (χ4n) is 1.66. The van der Waals surface area contributed by atoms with Gasteiger partial charge in [0.2, 0.25) is 0 Å². The average Bonchev–Trinajstić information content (AvgIpc) is 2.16. The first-order valence-corrected chi connectivity index (χ1v) is 4.58. The quantitative estimate of drug-likeness (QED) is 0.684. The Hall–Kier alpha value is -1.36. The van der Waals surface area contributed by atoms with E-state index < -0.39 is 0 Å². The molecule has 0 unspecified atom stereocenters. The molecule has 0 fully saturated rings. The van der Waals surface area contributed by atoms with Crippen LogP contribution in [0.1, 0.15) is 11.3 Å². The smallest absolute Gasteiger partial charge is 0.318 e. The van der Waals surface area contributed by atoms with E-state index in [1.165, 1.54) is 0 Å². The molecule has 5 nitrogen and oxygen atoms in total. The van der Waals surface area contributed by atoms with Crippen LogP contribution in [-0.2, 0) is 13.0 Å². The third-order valence-electron chi connectivity index (χ3n) is 2.45. The summed E-state index contributed by atoms with van der Waals surface area (Å²) in [7, 11) is 3.61. The van der Waals surface area contributed by atoms with Gasteiger partial charge >= 0.3 is 6.01 Å². The molecule has 0 radical (unpaired) electrons. The van der Waals surface area contributed by atoms with Crippen LogP contribution in [0.3, 0.4) is 0 Å². The van der Waals surface area contributed by atoms with Crippen molar-refractivity contribution in [1.82, 2.24) is 14.9 Å². The lowest BCUT2D eigenvalue weighted by Gasteiger charge is -2.24. The van der Waals surface area contributed by atoms with Crippen molar-refractivity contribution in [2.75, 3.05) is 26.4 Å². The summed E-state index contributed by atoms with van der Waals surface area (Å²) in [6.07, 6.45) is 0.918. The number of methoxy groups -OCH3 is 1. The highest BCUT2D eigenvalue weighted by molar-refractivity contribution is 5.44. The molecule has 5 heteroatoms. The maximum absolute atomic E-state index is 5.81. The third-order valence-corrected chi connectivity index (χ3v) is 2.45. The molecule has 1 aromatic heterocycles. The van der Waals surface area contributed by atoms with Gasteiger partial charge in [0.15, 0.2) is 0 Å². The lowest BCUT2D eigenvalue weighted by molar-refractivity contribution is 0.301. The first-order chi connectivity index (χ1) is 6.70. The lowest BCUT2D eigenvalue weighted by atomic mass is 10.1. The van der Waals surface area contributed by atoms with Crippen molar-refractivity contribution < 1.29 is 4.74 Å². The molecule has 2 N–H and O–H groups in total. The van der Waals surface area contributed by atoms with Gasteiger partial charge < -0.3 is 15.4 Å². The first-order valence-electron chi connectivity index (χ1n) is 4.58. The van der Waals surface area contributed by atoms with Gasteiger partial charge in [0.25, 0.3) is 0 Å². The fourth-order valence-corrected chi connectivity index (χ4v) is 1.66. The number of ether oxygens (including phenoxy) is 1. The van der Waals surface area contributed by atoms with Crippen molar-refractivity contribution in [3.63, 3.8) is 0 Å². The number of nitrogen functional groups attached to an aromatic ring is 1. The van der Waals surface area contributed by atoms with E-state index in [-0.39, 0.29) is 0 Å². The number of nitrogens with zero attached hydrogens (tertiary/aromatic N) is 3. The Morgan fingerprint density at radius 3 is 2.93 bits per heavy atom. The van der Waals surface area contributed by atoms with Crippen LogP contribution in [0.5, 0.6) is 6.01 Å². The Bertz CT molecular complexity index is 353. The van der Waals surface area contributed by atoms with Gasteiger partial charge in [0.05, 0.1) is 12.8 Å². The monoisotopic (exact) mass is 194 g/mol. The number of nitrogens with two attached hydrogens (primary N) is 1. The number of likely N-dealkylation sites (N-methyl/N-ethyl adjacent to an activating group) is 1. The van der Waals surface area contributed by atoms with Gasteiger partial charge in [-0.3, -0.25) is 0 Å². The zero-order valence-electron chi connectivity index (χ0n) is 8.45. The van der Waals surface area contributed by atoms with E-state index in [0.717, 1.165) is 30.8 Å². The van der Waals surface area contributed by atoms with Gasteiger partial charge in [0, 0.05) is 18.7 Å². The summed E-state index contributed by atoms with van der Waals surface area (Å²) in [5.74, 6) is 0.556. The molecular formula is C9H14N4O. The molecular weight excluding hydrogens is 180 g/mol. The average molecular weight is 194 g/mol. The minimum Gasteiger partial charge on any atom is -0.467 e. The molecule has 0 aliphatic carbocycles. The van der Waals surface area contributed by atoms with Crippen LogP contribution in [0.4, 0.5) is 5.82 Å². The summed E-state index contributed by atoms with van der Waals surface area (Å²) in [6, 6.07) is 0.358. The minimum absolute atomic E-state index is 0.358. The second kappa shape index (κ2) is 3.42. The standard InChI is InChI=1S/C9H14N4O/c1-13-4-3-6-7(5-13)11-9(14-2)12-8(6)10/h3-5H2,1-2H3,(H2,10,11,12). The van der Waals surface area contributed by atoms with Crippen LogP contribution < -0.4 is 10.5 Å². The number of hydrogen-bond donors (Lipinski definition) is 1. The summed E-state index contributed by atoms with van der Waals surface area (Å²) in [5.41, 5.74) is 7.88. The van der Waals surface area contributed by atoms with Gasteiger partial charge in [-0.25, -0.2) is 0 Å². The van der Waals surface area contributed by atoms with E-state index >= 15 is 0 Å². The molecule has 76 valence electrons. The molecule has 0 bridgehead atoms. The topological polar surface area (TPSA) is 64.3 Å². The molecule has 0 saturated heterocycles. The Kier molecular flexibility index (Phi) is 2.25. The predicted octanol–water partition coefficient (Wildman–Crippen LogP) is 0.0553. The van der Waals surface area contributed by atoms with Gasteiger partial charge in [0.1, 0.15) is 5.82 Å². The molecule has 14 heavy (non-hydrogen) atoms. The summed E-state index contributed by atoms with van der Waals surface area (Å²) < 4.78 is 4.98. The SMILES string of the molecule is COc1nc(N)c2c(n1)CN(C)CC2. The largest absolute Gasteiger partial charge is 0.467 e. The Balaban J connectivity index is 2.43. The van der Waals surface area contributed by atoms with E-state index in [0.29, 0.717) is 11.8 Å². The number of rotatable bonds is 1. The van der Waals surface area contributed by atoms with Crippen molar-refractivity contribution in [3.8, 4) is 6.01 Å². The van der Waals surface area contributed by atoms with E-state index in [9.17, 15) is 0 Å². The molecule has 0 saturated carbocycles. The van der Waals surface area contributed by atoms with Crippen LogP contribution in [-0.4, -0.2) is 35.6 Å². The lowest BCUT2D eigenvalue weighted by Crippen LogP contribution is -2.28. The van der Waals surface area contributed by atoms with Crippen LogP contribution in [0, 0.1) is 0 Å². The maximum atomic E-state index is 5.81. The molecule has 1 aliphatic rings. The molecule has 2 heterocycles. The predicted molar refractivity (Wildman–Crippen MR) is 53.0 cm³/mol. The van der Waals surface area contributed by atoms with Crippen LogP contribution in [0.15, 0.2) is 0 Å². The molecule has 0 aromatic carbocycles. The zero-order chi connectivity index (χ0) is 10.1. The normalized spacial score (nSPS) is 16.4. The Morgan fingerprint density at radius 1 is 1.43 bits per heavy atom. The van der Waals surface area contributed by atoms with Crippen molar-refractivity contribution >= 4 is 5.82 Å². The van der Waals surface area contributed by atoms with Crippen LogP contribution in [0.2, 0.25) is 0 Å². The van der Waals surface area contributed by atoms with Crippen molar-refractivity contribution in [2.24, 2.45) is 0 Å². The second-order valence-electron chi connectivity index (χ2n) is 3.51. The van der Waals surface area contributed by atoms with Gasteiger partial charge in [-0.2, -0.15) is 9.97 Å². The molecule has 0 atom stereocenters. The van der Waals surface area contributed by atoms with E-state index in [2.05, 4.69) is 21.9 Å². The minimum atomic E-state index is 0.358. The van der Waals surface area contributed by atoms with Crippen molar-refractivity contribution in [1.29, 1.82) is 0 Å². The number of aromatic nitrogens is 2. The van der Waals surface area contributed by atoms with Crippen LogP contribution >= 0.6 is 0 Å². The number of anilines is 1. The highest BCUT2D eigenvalue weighted by Crippen LogP contribution is 2.22. The Labute approximate surface area is 82.9 Å². The van der Waals surface area contributed by atoms with Crippen molar-refractivity contribution in [2.45, 2.75) is 13.0 Å². The fraction of sp³-hybridized carbons (Fsp3) is 0.556. The van der Waals surface area contributed by atoms with E-state index in [1.807, 2.05) is 0 Å². The molecule has 1 aliphatic heterocycles. The Morgan fingerprint density at radius 2 is 2.21 bits per heavy atom. The number of fused-ring (bicyclic) bond motifs is 1. The summed E-state index contributed by atoms with van der Waals surface area (Å²) in [5, 5.41) is 0. The van der Waals surface area contributed by atoms with E-state index in [1.54, 1.807) is 7.11 Å². The maximum Gasteiger partial charge on any atom is 0.318 e. The summed E-state index contributed by atoms with van der Waals surface area (Å²) in [6.45, 7) is 1.82. The summed E-state index contributed by atoms with van der Waals surface area (Å²) in [4.78, 5) is 10.5.